The number of aromatic nitrogens is 1. The number of ether oxygens (including phenoxy) is 1. The number of morpholine rings is 1. The first-order valence-electron chi connectivity index (χ1n) is 7.41. The molecule has 1 aliphatic heterocycles. The van der Waals surface area contributed by atoms with E-state index in [4.69, 9.17) is 4.74 Å². The van der Waals surface area contributed by atoms with Crippen molar-refractivity contribution in [2.75, 3.05) is 25.0 Å². The minimum absolute atomic E-state index is 0.101. The molecule has 5 heteroatoms. The quantitative estimate of drug-likeness (QED) is 0.915. The SMILES string of the molecule is CCNc1cnccc1C(=O)N1CCOC2CCCC21. The normalized spacial score (nSPS) is 25.4. The number of hydrogen-bond acceptors (Lipinski definition) is 4. The van der Waals surface area contributed by atoms with Gasteiger partial charge in [-0.25, -0.2) is 0 Å². The fourth-order valence-electron chi connectivity index (χ4n) is 3.24. The van der Waals surface area contributed by atoms with Gasteiger partial charge in [-0.15, -0.1) is 0 Å². The Balaban J connectivity index is 1.84. The number of carbonyl (C=O) groups excluding carboxylic acids is 1. The van der Waals surface area contributed by atoms with Crippen molar-refractivity contribution in [2.45, 2.75) is 38.3 Å². The number of nitrogens with zero attached hydrogens (tertiary/aromatic N) is 2. The van der Waals surface area contributed by atoms with Crippen molar-refractivity contribution in [3.63, 3.8) is 0 Å². The third-order valence-electron chi connectivity index (χ3n) is 4.16. The van der Waals surface area contributed by atoms with Crippen LogP contribution >= 0.6 is 0 Å². The maximum absolute atomic E-state index is 12.8. The first-order chi connectivity index (χ1) is 9.81. The largest absolute Gasteiger partial charge is 0.383 e. The third-order valence-corrected chi connectivity index (χ3v) is 4.16. The molecule has 0 bridgehead atoms. The zero-order chi connectivity index (χ0) is 13.9. The van der Waals surface area contributed by atoms with Crippen LogP contribution in [0.25, 0.3) is 0 Å². The number of hydrogen-bond donors (Lipinski definition) is 1. The second kappa shape index (κ2) is 5.79. The second-order valence-corrected chi connectivity index (χ2v) is 5.36. The van der Waals surface area contributed by atoms with Gasteiger partial charge in [0.15, 0.2) is 0 Å². The molecular weight excluding hydrogens is 254 g/mol. The minimum atomic E-state index is 0.101. The standard InChI is InChI=1S/C15H21N3O2/c1-2-17-12-10-16-7-6-11(12)15(19)18-8-9-20-14-5-3-4-13(14)18/h6-7,10,13-14,17H,2-5,8-9H2,1H3. The monoisotopic (exact) mass is 275 g/mol. The number of anilines is 1. The first-order valence-corrected chi connectivity index (χ1v) is 7.41. The molecule has 1 saturated carbocycles. The lowest BCUT2D eigenvalue weighted by molar-refractivity contribution is -0.0445. The van der Waals surface area contributed by atoms with E-state index in [0.29, 0.717) is 13.2 Å². The predicted molar refractivity (Wildman–Crippen MR) is 76.8 cm³/mol. The van der Waals surface area contributed by atoms with E-state index in [9.17, 15) is 4.79 Å². The molecule has 2 fully saturated rings. The van der Waals surface area contributed by atoms with Crippen LogP contribution in [-0.2, 0) is 4.74 Å². The van der Waals surface area contributed by atoms with Crippen LogP contribution in [0.5, 0.6) is 0 Å². The van der Waals surface area contributed by atoms with Crippen molar-refractivity contribution in [1.29, 1.82) is 0 Å². The van der Waals surface area contributed by atoms with Crippen LogP contribution in [0.1, 0.15) is 36.5 Å². The molecule has 1 aromatic heterocycles. The summed E-state index contributed by atoms with van der Waals surface area (Å²) in [5.74, 6) is 0.101. The maximum atomic E-state index is 12.8. The first kappa shape index (κ1) is 13.4. The summed E-state index contributed by atoms with van der Waals surface area (Å²) in [7, 11) is 0. The summed E-state index contributed by atoms with van der Waals surface area (Å²) in [5, 5.41) is 3.21. The molecule has 20 heavy (non-hydrogen) atoms. The number of fused-ring (bicyclic) bond motifs is 1. The van der Waals surface area contributed by atoms with Crippen LogP contribution in [0, 0.1) is 0 Å². The van der Waals surface area contributed by atoms with Crippen LogP contribution in [0.2, 0.25) is 0 Å². The molecule has 0 aromatic carbocycles. The molecule has 1 aromatic rings. The van der Waals surface area contributed by atoms with Crippen molar-refractivity contribution in [1.82, 2.24) is 9.88 Å². The van der Waals surface area contributed by atoms with E-state index in [1.807, 2.05) is 11.8 Å². The number of rotatable bonds is 3. The fraction of sp³-hybridized carbons (Fsp3) is 0.600. The molecule has 2 heterocycles. The lowest BCUT2D eigenvalue weighted by Crippen LogP contribution is -2.51. The molecule has 1 amide bonds. The van der Waals surface area contributed by atoms with Gasteiger partial charge in [0, 0.05) is 19.3 Å². The average molecular weight is 275 g/mol. The van der Waals surface area contributed by atoms with Crippen LogP contribution in [0.3, 0.4) is 0 Å². The number of pyridine rings is 1. The van der Waals surface area contributed by atoms with Crippen LogP contribution in [0.4, 0.5) is 5.69 Å². The smallest absolute Gasteiger partial charge is 0.256 e. The van der Waals surface area contributed by atoms with Gasteiger partial charge in [0.1, 0.15) is 0 Å². The van der Waals surface area contributed by atoms with Gasteiger partial charge >= 0.3 is 0 Å². The molecule has 1 aliphatic carbocycles. The van der Waals surface area contributed by atoms with E-state index < -0.39 is 0 Å². The van der Waals surface area contributed by atoms with Crippen molar-refractivity contribution in [3.05, 3.63) is 24.0 Å². The van der Waals surface area contributed by atoms with Gasteiger partial charge in [-0.2, -0.15) is 0 Å². The highest BCUT2D eigenvalue weighted by Crippen LogP contribution is 2.31. The fourth-order valence-corrected chi connectivity index (χ4v) is 3.24. The van der Waals surface area contributed by atoms with Gasteiger partial charge in [-0.05, 0) is 32.3 Å². The van der Waals surface area contributed by atoms with Gasteiger partial charge < -0.3 is 15.0 Å². The highest BCUT2D eigenvalue weighted by molar-refractivity contribution is 5.99. The number of amides is 1. The Morgan fingerprint density at radius 3 is 3.30 bits per heavy atom. The third kappa shape index (κ3) is 2.38. The molecule has 5 nitrogen and oxygen atoms in total. The summed E-state index contributed by atoms with van der Waals surface area (Å²) in [6.07, 6.45) is 6.92. The van der Waals surface area contributed by atoms with Gasteiger partial charge in [-0.3, -0.25) is 9.78 Å². The Hall–Kier alpha value is -1.62. The van der Waals surface area contributed by atoms with E-state index in [1.54, 1.807) is 18.5 Å². The van der Waals surface area contributed by atoms with Gasteiger partial charge in [0.2, 0.25) is 0 Å². The molecule has 1 N–H and O–H groups in total. The van der Waals surface area contributed by atoms with E-state index in [0.717, 1.165) is 37.1 Å². The van der Waals surface area contributed by atoms with E-state index in [-0.39, 0.29) is 18.1 Å². The van der Waals surface area contributed by atoms with Crippen molar-refractivity contribution in [2.24, 2.45) is 0 Å². The lowest BCUT2D eigenvalue weighted by atomic mass is 10.1. The molecule has 108 valence electrons. The molecule has 1 saturated heterocycles. The van der Waals surface area contributed by atoms with Gasteiger partial charge in [0.25, 0.3) is 5.91 Å². The maximum Gasteiger partial charge on any atom is 0.256 e. The van der Waals surface area contributed by atoms with Gasteiger partial charge in [0.05, 0.1) is 36.2 Å². The van der Waals surface area contributed by atoms with Crippen LogP contribution in [-0.4, -0.2) is 47.6 Å². The predicted octanol–water partition coefficient (Wildman–Crippen LogP) is 1.91. The summed E-state index contributed by atoms with van der Waals surface area (Å²) in [5.41, 5.74) is 1.54. The highest BCUT2D eigenvalue weighted by atomic mass is 16.5. The summed E-state index contributed by atoms with van der Waals surface area (Å²) in [6, 6.07) is 2.05. The molecular formula is C15H21N3O2. The van der Waals surface area contributed by atoms with Crippen molar-refractivity contribution >= 4 is 11.6 Å². The Kier molecular flexibility index (Phi) is 3.87. The lowest BCUT2D eigenvalue weighted by Gasteiger charge is -2.38. The van der Waals surface area contributed by atoms with E-state index >= 15 is 0 Å². The Morgan fingerprint density at radius 2 is 2.45 bits per heavy atom. The Labute approximate surface area is 119 Å². The summed E-state index contributed by atoms with van der Waals surface area (Å²) < 4.78 is 5.77. The summed E-state index contributed by atoms with van der Waals surface area (Å²) >= 11 is 0. The zero-order valence-corrected chi connectivity index (χ0v) is 11.8. The molecule has 3 rings (SSSR count). The van der Waals surface area contributed by atoms with Crippen molar-refractivity contribution < 1.29 is 9.53 Å². The Morgan fingerprint density at radius 1 is 1.55 bits per heavy atom. The van der Waals surface area contributed by atoms with Gasteiger partial charge in [-0.1, -0.05) is 0 Å². The second-order valence-electron chi connectivity index (χ2n) is 5.36. The molecule has 2 unspecified atom stereocenters. The van der Waals surface area contributed by atoms with Crippen molar-refractivity contribution in [3.8, 4) is 0 Å². The molecule has 0 spiro atoms. The molecule has 2 atom stereocenters. The summed E-state index contributed by atoms with van der Waals surface area (Å²) in [4.78, 5) is 18.9. The Bertz CT molecular complexity index is 492. The molecule has 2 aliphatic rings. The summed E-state index contributed by atoms with van der Waals surface area (Å²) in [6.45, 7) is 4.13. The van der Waals surface area contributed by atoms with Crippen LogP contribution < -0.4 is 5.32 Å². The zero-order valence-electron chi connectivity index (χ0n) is 11.8. The topological polar surface area (TPSA) is 54.5 Å². The highest BCUT2D eigenvalue weighted by Gasteiger charge is 2.39. The minimum Gasteiger partial charge on any atom is -0.383 e. The van der Waals surface area contributed by atoms with E-state index in [2.05, 4.69) is 10.3 Å². The molecule has 0 radical (unpaired) electrons. The number of carbonyl (C=O) groups is 1. The average Bonchev–Trinajstić information content (AvgIpc) is 2.96. The van der Waals surface area contributed by atoms with Crippen LogP contribution in [0.15, 0.2) is 18.5 Å². The number of nitrogens with one attached hydrogen (secondary N) is 1. The van der Waals surface area contributed by atoms with E-state index in [1.165, 1.54) is 0 Å².